The Labute approximate surface area is 98.2 Å². The predicted octanol–water partition coefficient (Wildman–Crippen LogP) is 1.61. The maximum absolute atomic E-state index is 11.5. The quantitative estimate of drug-likeness (QED) is 0.796. The molecule has 1 heterocycles. The first-order chi connectivity index (χ1) is 8.19. The van der Waals surface area contributed by atoms with E-state index in [1.807, 2.05) is 0 Å². The molecule has 0 bridgehead atoms. The zero-order chi connectivity index (χ0) is 12.4. The van der Waals surface area contributed by atoms with Crippen LogP contribution >= 0.6 is 0 Å². The molecular weight excluding hydrogens is 220 g/mol. The van der Waals surface area contributed by atoms with Gasteiger partial charge in [-0.25, -0.2) is 4.79 Å². The maximum atomic E-state index is 11.5. The number of carbonyl (C=O) groups excluding carboxylic acids is 1. The van der Waals surface area contributed by atoms with Crippen molar-refractivity contribution in [2.24, 2.45) is 0 Å². The first-order valence-corrected chi connectivity index (χ1v) is 4.98. The van der Waals surface area contributed by atoms with Crippen LogP contribution in [0, 0.1) is 0 Å². The lowest BCUT2D eigenvalue weighted by Crippen LogP contribution is -2.07. The smallest absolute Gasteiger partial charge is 0.341 e. The number of nitrogens with zero attached hydrogens (tertiary/aromatic N) is 1. The lowest BCUT2D eigenvalue weighted by atomic mass is 10.1. The van der Waals surface area contributed by atoms with Gasteiger partial charge in [0, 0.05) is 11.6 Å². The number of hydrogen-bond acceptors (Lipinski definition) is 5. The van der Waals surface area contributed by atoms with Crippen molar-refractivity contribution in [3.8, 4) is 5.75 Å². The number of nitrogen functional groups attached to an aromatic ring is 1. The number of benzene rings is 1. The number of anilines is 1. The van der Waals surface area contributed by atoms with Crippen LogP contribution in [0.4, 0.5) is 5.69 Å². The van der Waals surface area contributed by atoms with Gasteiger partial charge in [0.25, 0.3) is 0 Å². The van der Waals surface area contributed by atoms with Gasteiger partial charge < -0.3 is 15.2 Å². The second kappa shape index (κ2) is 4.29. The van der Waals surface area contributed by atoms with E-state index in [1.165, 1.54) is 13.3 Å². The van der Waals surface area contributed by atoms with E-state index in [1.54, 1.807) is 25.3 Å². The molecule has 5 nitrogen and oxygen atoms in total. The molecule has 1 aromatic heterocycles. The Bertz CT molecular complexity index is 581. The Morgan fingerprint density at radius 2 is 2.12 bits per heavy atom. The summed E-state index contributed by atoms with van der Waals surface area (Å²) in [4.78, 5) is 15.6. The standard InChI is InChI=1S/C12H12N2O3/c1-16-9-5-3-4-7-10(13)8(12(15)17-2)6-14-11(7)9/h3-6H,1-2H3,(H2,13,14). The number of para-hydroxylation sites is 1. The molecule has 2 aromatic rings. The summed E-state index contributed by atoms with van der Waals surface area (Å²) in [5, 5.41) is 0.673. The summed E-state index contributed by atoms with van der Waals surface area (Å²) >= 11 is 0. The van der Waals surface area contributed by atoms with E-state index in [2.05, 4.69) is 9.72 Å². The number of pyridine rings is 1. The van der Waals surface area contributed by atoms with Crippen LogP contribution < -0.4 is 10.5 Å². The zero-order valence-electron chi connectivity index (χ0n) is 9.56. The molecule has 1 aromatic carbocycles. The average Bonchev–Trinajstić information content (AvgIpc) is 2.38. The predicted molar refractivity (Wildman–Crippen MR) is 64.0 cm³/mol. The Hall–Kier alpha value is -2.30. The van der Waals surface area contributed by atoms with Gasteiger partial charge in [-0.2, -0.15) is 0 Å². The van der Waals surface area contributed by atoms with Gasteiger partial charge in [0.15, 0.2) is 0 Å². The highest BCUT2D eigenvalue weighted by Crippen LogP contribution is 2.29. The van der Waals surface area contributed by atoms with Crippen LogP contribution in [0.3, 0.4) is 0 Å². The molecule has 88 valence electrons. The monoisotopic (exact) mass is 232 g/mol. The second-order valence-corrected chi connectivity index (χ2v) is 3.43. The van der Waals surface area contributed by atoms with Gasteiger partial charge in [-0.15, -0.1) is 0 Å². The van der Waals surface area contributed by atoms with Crippen molar-refractivity contribution in [3.63, 3.8) is 0 Å². The molecule has 0 saturated heterocycles. The van der Waals surface area contributed by atoms with E-state index in [4.69, 9.17) is 10.5 Å². The van der Waals surface area contributed by atoms with Crippen molar-refractivity contribution in [2.75, 3.05) is 20.0 Å². The lowest BCUT2D eigenvalue weighted by Gasteiger charge is -2.09. The third-order valence-electron chi connectivity index (χ3n) is 2.53. The fourth-order valence-electron chi connectivity index (χ4n) is 1.65. The molecule has 2 rings (SSSR count). The summed E-state index contributed by atoms with van der Waals surface area (Å²) in [5.74, 6) is 0.116. The first-order valence-electron chi connectivity index (χ1n) is 4.98. The molecule has 2 N–H and O–H groups in total. The number of esters is 1. The molecule has 0 aliphatic heterocycles. The minimum atomic E-state index is -0.500. The molecule has 0 aliphatic carbocycles. The molecule has 0 unspecified atom stereocenters. The van der Waals surface area contributed by atoms with Crippen molar-refractivity contribution in [1.82, 2.24) is 4.98 Å². The summed E-state index contributed by atoms with van der Waals surface area (Å²) < 4.78 is 9.81. The number of methoxy groups -OCH3 is 2. The zero-order valence-corrected chi connectivity index (χ0v) is 9.56. The first kappa shape index (κ1) is 11.2. The Kier molecular flexibility index (Phi) is 2.82. The van der Waals surface area contributed by atoms with E-state index in [0.29, 0.717) is 22.3 Å². The minimum absolute atomic E-state index is 0.258. The van der Waals surface area contributed by atoms with Gasteiger partial charge in [0.05, 0.1) is 19.9 Å². The largest absolute Gasteiger partial charge is 0.494 e. The van der Waals surface area contributed by atoms with Gasteiger partial charge in [-0.3, -0.25) is 4.98 Å². The fraction of sp³-hybridized carbons (Fsp3) is 0.167. The normalized spacial score (nSPS) is 10.2. The van der Waals surface area contributed by atoms with E-state index < -0.39 is 5.97 Å². The van der Waals surface area contributed by atoms with Crippen LogP contribution in [0.15, 0.2) is 24.4 Å². The number of hydrogen-bond donors (Lipinski definition) is 1. The minimum Gasteiger partial charge on any atom is -0.494 e. The van der Waals surface area contributed by atoms with E-state index in [9.17, 15) is 4.79 Å². The van der Waals surface area contributed by atoms with Crippen LogP contribution in [0.2, 0.25) is 0 Å². The molecular formula is C12H12N2O3. The van der Waals surface area contributed by atoms with Crippen LogP contribution in [0.1, 0.15) is 10.4 Å². The molecule has 0 aliphatic rings. The van der Waals surface area contributed by atoms with Crippen molar-refractivity contribution in [1.29, 1.82) is 0 Å². The molecule has 0 saturated carbocycles. The van der Waals surface area contributed by atoms with E-state index in [-0.39, 0.29) is 5.56 Å². The van der Waals surface area contributed by atoms with Crippen molar-refractivity contribution in [2.45, 2.75) is 0 Å². The molecule has 0 fully saturated rings. The number of fused-ring (bicyclic) bond motifs is 1. The molecule has 0 radical (unpaired) electrons. The summed E-state index contributed by atoms with van der Waals surface area (Å²) in [7, 11) is 2.86. The van der Waals surface area contributed by atoms with Crippen molar-refractivity contribution < 1.29 is 14.3 Å². The average molecular weight is 232 g/mol. The van der Waals surface area contributed by atoms with E-state index >= 15 is 0 Å². The van der Waals surface area contributed by atoms with Gasteiger partial charge >= 0.3 is 5.97 Å². The molecule has 0 amide bonds. The third-order valence-corrected chi connectivity index (χ3v) is 2.53. The van der Waals surface area contributed by atoms with Gasteiger partial charge in [-0.1, -0.05) is 12.1 Å². The Morgan fingerprint density at radius 3 is 2.76 bits per heavy atom. The molecule has 5 heteroatoms. The highest BCUT2D eigenvalue weighted by Gasteiger charge is 2.14. The summed E-state index contributed by atoms with van der Waals surface area (Å²) in [6.45, 7) is 0. The summed E-state index contributed by atoms with van der Waals surface area (Å²) in [6, 6.07) is 5.36. The summed E-state index contributed by atoms with van der Waals surface area (Å²) in [6.07, 6.45) is 1.39. The van der Waals surface area contributed by atoms with Gasteiger partial charge in [-0.05, 0) is 6.07 Å². The van der Waals surface area contributed by atoms with Crippen LogP contribution in [0.25, 0.3) is 10.9 Å². The third kappa shape index (κ3) is 1.75. The van der Waals surface area contributed by atoms with E-state index in [0.717, 1.165) is 0 Å². The Balaban J connectivity index is 2.72. The highest BCUT2D eigenvalue weighted by molar-refractivity contribution is 6.05. The van der Waals surface area contributed by atoms with Crippen molar-refractivity contribution in [3.05, 3.63) is 30.0 Å². The number of aromatic nitrogens is 1. The van der Waals surface area contributed by atoms with Crippen LogP contribution in [-0.2, 0) is 4.74 Å². The fourth-order valence-corrected chi connectivity index (χ4v) is 1.65. The molecule has 0 atom stereocenters. The maximum Gasteiger partial charge on any atom is 0.341 e. The molecule has 17 heavy (non-hydrogen) atoms. The summed E-state index contributed by atoms with van der Waals surface area (Å²) in [5.41, 5.74) is 7.15. The number of nitrogens with two attached hydrogens (primary N) is 1. The lowest BCUT2D eigenvalue weighted by molar-refractivity contribution is 0.0601. The number of rotatable bonds is 2. The topological polar surface area (TPSA) is 74.4 Å². The van der Waals surface area contributed by atoms with Crippen molar-refractivity contribution >= 4 is 22.6 Å². The number of carbonyl (C=O) groups is 1. The molecule has 0 spiro atoms. The Morgan fingerprint density at radius 1 is 1.35 bits per heavy atom. The SMILES string of the molecule is COC(=O)c1cnc2c(OC)cccc2c1N. The number of ether oxygens (including phenoxy) is 2. The highest BCUT2D eigenvalue weighted by atomic mass is 16.5. The van der Waals surface area contributed by atoms with Crippen LogP contribution in [0.5, 0.6) is 5.75 Å². The van der Waals surface area contributed by atoms with Crippen LogP contribution in [-0.4, -0.2) is 25.2 Å². The second-order valence-electron chi connectivity index (χ2n) is 3.43. The van der Waals surface area contributed by atoms with Gasteiger partial charge in [0.2, 0.25) is 0 Å². The van der Waals surface area contributed by atoms with Gasteiger partial charge in [0.1, 0.15) is 16.8 Å².